The highest BCUT2D eigenvalue weighted by molar-refractivity contribution is 5.99. The second-order valence-corrected chi connectivity index (χ2v) is 9.19. The lowest BCUT2D eigenvalue weighted by Crippen LogP contribution is -2.37. The molecular formula is C28H27F6N5O2. The molecule has 218 valence electrons. The molecule has 1 fully saturated rings. The van der Waals surface area contributed by atoms with E-state index in [-0.39, 0.29) is 36.5 Å². The van der Waals surface area contributed by atoms with E-state index in [1.54, 1.807) is 24.0 Å². The summed E-state index contributed by atoms with van der Waals surface area (Å²) in [5.41, 5.74) is -2.82. The summed E-state index contributed by atoms with van der Waals surface area (Å²) in [6, 6.07) is 10.2. The number of aromatic nitrogens is 2. The van der Waals surface area contributed by atoms with Gasteiger partial charge in [0, 0.05) is 38.1 Å². The third-order valence-corrected chi connectivity index (χ3v) is 6.22. The predicted octanol–water partition coefficient (Wildman–Crippen LogP) is 6.31. The Morgan fingerprint density at radius 1 is 1.02 bits per heavy atom. The van der Waals surface area contributed by atoms with Crippen molar-refractivity contribution >= 4 is 23.4 Å². The largest absolute Gasteiger partial charge is 0.416 e. The van der Waals surface area contributed by atoms with Crippen LogP contribution < -0.4 is 10.2 Å². The van der Waals surface area contributed by atoms with Gasteiger partial charge >= 0.3 is 12.4 Å². The molecule has 1 N–H and O–H groups in total. The van der Waals surface area contributed by atoms with E-state index in [4.69, 9.17) is 4.74 Å². The fourth-order valence-electron chi connectivity index (χ4n) is 4.13. The number of carbonyl (C=O) groups is 1. The number of morpholine rings is 1. The zero-order chi connectivity index (χ0) is 29.6. The van der Waals surface area contributed by atoms with Gasteiger partial charge < -0.3 is 19.9 Å². The molecule has 0 unspecified atom stereocenters. The van der Waals surface area contributed by atoms with E-state index in [2.05, 4.69) is 15.3 Å². The molecule has 4 rings (SSSR count). The second-order valence-electron chi connectivity index (χ2n) is 9.19. The molecule has 1 aromatic heterocycles. The van der Waals surface area contributed by atoms with Crippen molar-refractivity contribution in [3.63, 3.8) is 0 Å². The molecular weight excluding hydrogens is 552 g/mol. The Morgan fingerprint density at radius 3 is 2.24 bits per heavy atom. The molecule has 0 saturated carbocycles. The predicted molar refractivity (Wildman–Crippen MR) is 141 cm³/mol. The zero-order valence-corrected chi connectivity index (χ0v) is 22.0. The number of nitrogens with zero attached hydrogens (tertiary/aromatic N) is 4. The Balaban J connectivity index is 1.78. The van der Waals surface area contributed by atoms with Crippen molar-refractivity contribution in [1.29, 1.82) is 0 Å². The van der Waals surface area contributed by atoms with E-state index in [9.17, 15) is 31.1 Å². The average molecular weight is 580 g/mol. The van der Waals surface area contributed by atoms with Gasteiger partial charge in [-0.2, -0.15) is 31.3 Å². The number of rotatable bonds is 8. The lowest BCUT2D eigenvalue weighted by Gasteiger charge is -2.28. The number of hydrogen-bond donors (Lipinski definition) is 1. The van der Waals surface area contributed by atoms with Crippen molar-refractivity contribution in [2.75, 3.05) is 43.1 Å². The average Bonchev–Trinajstić information content (AvgIpc) is 2.95. The molecule has 0 atom stereocenters. The van der Waals surface area contributed by atoms with Gasteiger partial charge in [-0.05, 0) is 30.7 Å². The summed E-state index contributed by atoms with van der Waals surface area (Å²) in [7, 11) is 0. The minimum Gasteiger partial charge on any atom is -0.378 e. The van der Waals surface area contributed by atoms with Gasteiger partial charge in [0.25, 0.3) is 5.91 Å². The first kappa shape index (κ1) is 29.8. The van der Waals surface area contributed by atoms with Gasteiger partial charge in [-0.1, -0.05) is 42.5 Å². The maximum Gasteiger partial charge on any atom is 0.416 e. The smallest absolute Gasteiger partial charge is 0.378 e. The van der Waals surface area contributed by atoms with Crippen LogP contribution in [0.1, 0.15) is 34.0 Å². The van der Waals surface area contributed by atoms with Crippen LogP contribution in [0.2, 0.25) is 0 Å². The van der Waals surface area contributed by atoms with E-state index < -0.39 is 35.1 Å². The fraction of sp³-hybridized carbons (Fsp3) is 0.321. The zero-order valence-electron chi connectivity index (χ0n) is 22.0. The minimum absolute atomic E-state index is 0.0368. The number of ether oxygens (including phenoxy) is 1. The van der Waals surface area contributed by atoms with Gasteiger partial charge in [-0.15, -0.1) is 0 Å². The van der Waals surface area contributed by atoms with E-state index in [1.165, 1.54) is 11.1 Å². The molecule has 2 heterocycles. The summed E-state index contributed by atoms with van der Waals surface area (Å²) >= 11 is 0. The van der Waals surface area contributed by atoms with Crippen LogP contribution in [0.5, 0.6) is 0 Å². The number of halogens is 6. The number of alkyl halides is 6. The summed E-state index contributed by atoms with van der Waals surface area (Å²) in [5.74, 6) is -0.637. The summed E-state index contributed by atoms with van der Waals surface area (Å²) in [6.45, 7) is 3.75. The van der Waals surface area contributed by atoms with Gasteiger partial charge in [-0.25, -0.2) is 4.98 Å². The highest BCUT2D eigenvalue weighted by Gasteiger charge is 2.37. The van der Waals surface area contributed by atoms with Crippen LogP contribution in [0, 0.1) is 0 Å². The molecule has 0 radical (unpaired) electrons. The van der Waals surface area contributed by atoms with Crippen LogP contribution in [-0.4, -0.2) is 53.6 Å². The number of carbonyl (C=O) groups excluding carboxylic acids is 1. The number of nitrogens with one attached hydrogen (secondary N) is 1. The summed E-state index contributed by atoms with van der Waals surface area (Å²) in [4.78, 5) is 25.7. The number of allylic oxidation sites excluding steroid dienone is 1. The van der Waals surface area contributed by atoms with Crippen molar-refractivity contribution in [1.82, 2.24) is 14.9 Å². The monoisotopic (exact) mass is 579 g/mol. The summed E-state index contributed by atoms with van der Waals surface area (Å²) in [6.07, 6.45) is -5.35. The van der Waals surface area contributed by atoms with Gasteiger partial charge in [-0.3, -0.25) is 4.79 Å². The molecule has 1 aliphatic rings. The Morgan fingerprint density at radius 2 is 1.66 bits per heavy atom. The molecule has 1 aliphatic heterocycles. The number of anilines is 3. The standard InChI is InChI=1S/C28H27F6N5O2/c1-2-3-9-39(18-19-7-5-4-6-8-19)25(40)23-17-35-26(38-10-12-41-13-11-38)37-24(23)36-22-15-20(27(29,30)31)14-21(16-22)28(32,33)34/h2-8,14-17H,9-13,18H2,1H3,(H,35,36,37)/b3-2+. The van der Waals surface area contributed by atoms with Crippen LogP contribution in [0.4, 0.5) is 43.8 Å². The van der Waals surface area contributed by atoms with Crippen LogP contribution in [0.3, 0.4) is 0 Å². The Hall–Kier alpha value is -4.13. The van der Waals surface area contributed by atoms with Crippen molar-refractivity contribution in [2.24, 2.45) is 0 Å². The summed E-state index contributed by atoms with van der Waals surface area (Å²) in [5, 5.41) is 2.56. The number of benzene rings is 2. The third-order valence-electron chi connectivity index (χ3n) is 6.22. The lowest BCUT2D eigenvalue weighted by molar-refractivity contribution is -0.143. The number of hydrogen-bond acceptors (Lipinski definition) is 6. The van der Waals surface area contributed by atoms with Crippen LogP contribution in [0.15, 0.2) is 66.9 Å². The summed E-state index contributed by atoms with van der Waals surface area (Å²) < 4.78 is 86.4. The van der Waals surface area contributed by atoms with Gasteiger partial charge in [0.05, 0.1) is 24.3 Å². The van der Waals surface area contributed by atoms with Gasteiger partial charge in [0.2, 0.25) is 5.95 Å². The Labute approximate surface area is 232 Å². The van der Waals surface area contributed by atoms with E-state index in [0.29, 0.717) is 38.4 Å². The molecule has 41 heavy (non-hydrogen) atoms. The van der Waals surface area contributed by atoms with Crippen LogP contribution >= 0.6 is 0 Å². The highest BCUT2D eigenvalue weighted by Crippen LogP contribution is 2.38. The molecule has 0 bridgehead atoms. The molecule has 3 aromatic rings. The van der Waals surface area contributed by atoms with Gasteiger partial charge in [0.1, 0.15) is 11.4 Å². The highest BCUT2D eigenvalue weighted by atomic mass is 19.4. The van der Waals surface area contributed by atoms with Crippen LogP contribution in [0.25, 0.3) is 0 Å². The Bertz CT molecular complexity index is 1340. The second kappa shape index (κ2) is 12.6. The molecule has 7 nitrogen and oxygen atoms in total. The molecule has 1 amide bonds. The van der Waals surface area contributed by atoms with Crippen molar-refractivity contribution in [2.45, 2.75) is 25.8 Å². The van der Waals surface area contributed by atoms with Crippen molar-refractivity contribution < 1.29 is 35.9 Å². The maximum absolute atomic E-state index is 13.8. The molecule has 2 aromatic carbocycles. The first-order valence-corrected chi connectivity index (χ1v) is 12.7. The van der Waals surface area contributed by atoms with Crippen LogP contribution in [-0.2, 0) is 23.6 Å². The molecule has 0 spiro atoms. The van der Waals surface area contributed by atoms with E-state index >= 15 is 0 Å². The molecule has 0 aliphatic carbocycles. The van der Waals surface area contributed by atoms with Gasteiger partial charge in [0.15, 0.2) is 0 Å². The minimum atomic E-state index is -5.04. The number of amides is 1. The normalized spacial score (nSPS) is 14.4. The topological polar surface area (TPSA) is 70.6 Å². The first-order chi connectivity index (χ1) is 19.5. The SMILES string of the molecule is C/C=C/CN(Cc1ccccc1)C(=O)c1cnc(N2CCOCC2)nc1Nc1cc(C(F)(F)F)cc(C(F)(F)F)c1. The van der Waals surface area contributed by atoms with E-state index in [0.717, 1.165) is 5.56 Å². The van der Waals surface area contributed by atoms with E-state index in [1.807, 2.05) is 30.3 Å². The first-order valence-electron chi connectivity index (χ1n) is 12.7. The molecule has 1 saturated heterocycles. The van der Waals surface area contributed by atoms with Crippen molar-refractivity contribution in [3.8, 4) is 0 Å². The van der Waals surface area contributed by atoms with Crippen molar-refractivity contribution in [3.05, 3.63) is 89.1 Å². The maximum atomic E-state index is 13.8. The molecule has 13 heteroatoms. The fourth-order valence-corrected chi connectivity index (χ4v) is 4.13. The Kier molecular flexibility index (Phi) is 9.16. The third kappa shape index (κ3) is 7.75. The lowest BCUT2D eigenvalue weighted by atomic mass is 10.1. The quantitative estimate of drug-likeness (QED) is 0.249.